The van der Waals surface area contributed by atoms with E-state index in [1.54, 1.807) is 6.92 Å². The van der Waals surface area contributed by atoms with Crippen LogP contribution < -0.4 is 20.1 Å². The second-order valence-electron chi connectivity index (χ2n) is 6.15. The largest absolute Gasteiger partial charge is 0.486 e. The fourth-order valence-corrected chi connectivity index (χ4v) is 3.19. The van der Waals surface area contributed by atoms with Crippen molar-refractivity contribution >= 4 is 5.91 Å². The van der Waals surface area contributed by atoms with Gasteiger partial charge in [-0.1, -0.05) is 12.1 Å². The van der Waals surface area contributed by atoms with Gasteiger partial charge in [0.1, 0.15) is 12.7 Å². The molecule has 0 spiro atoms. The van der Waals surface area contributed by atoms with Crippen molar-refractivity contribution in [1.29, 1.82) is 0 Å². The Hall–Kier alpha value is -1.75. The summed E-state index contributed by atoms with van der Waals surface area (Å²) in [7, 11) is 0. The van der Waals surface area contributed by atoms with E-state index in [-0.39, 0.29) is 12.0 Å². The maximum atomic E-state index is 11.1. The highest BCUT2D eigenvalue weighted by Gasteiger charge is 2.24. The van der Waals surface area contributed by atoms with Crippen molar-refractivity contribution in [3.63, 3.8) is 0 Å². The van der Waals surface area contributed by atoms with E-state index in [4.69, 9.17) is 9.47 Å². The Morgan fingerprint density at radius 2 is 1.82 bits per heavy atom. The van der Waals surface area contributed by atoms with Crippen LogP contribution in [0.5, 0.6) is 11.5 Å². The minimum Gasteiger partial charge on any atom is -0.486 e. The fraction of sp³-hybridized carbons (Fsp3) is 0.588. The number of carbonyl (C=O) groups excluding carboxylic acids is 1. The summed E-state index contributed by atoms with van der Waals surface area (Å²) < 4.78 is 11.7. The molecule has 1 saturated carbocycles. The molecular weight excluding hydrogens is 280 g/mol. The molecule has 1 amide bonds. The van der Waals surface area contributed by atoms with Gasteiger partial charge >= 0.3 is 0 Å². The summed E-state index contributed by atoms with van der Waals surface area (Å²) in [6.07, 6.45) is 4.33. The molecule has 3 rings (SSSR count). The molecule has 5 heteroatoms. The van der Waals surface area contributed by atoms with E-state index in [1.165, 1.54) is 0 Å². The number of carbonyl (C=O) groups is 1. The van der Waals surface area contributed by atoms with Gasteiger partial charge in [-0.25, -0.2) is 0 Å². The van der Waals surface area contributed by atoms with Gasteiger partial charge in [-0.2, -0.15) is 0 Å². The Kier molecular flexibility index (Phi) is 4.83. The minimum absolute atomic E-state index is 0.0583. The summed E-state index contributed by atoms with van der Waals surface area (Å²) in [5, 5.41) is 6.59. The molecule has 1 aromatic rings. The predicted molar refractivity (Wildman–Crippen MR) is 84.2 cm³/mol. The Balaban J connectivity index is 1.40. The Morgan fingerprint density at radius 1 is 1.14 bits per heavy atom. The normalized spacial score (nSPS) is 27.2. The zero-order valence-corrected chi connectivity index (χ0v) is 13.0. The van der Waals surface area contributed by atoms with Crippen LogP contribution in [0, 0.1) is 0 Å². The molecule has 120 valence electrons. The smallest absolute Gasteiger partial charge is 0.217 e. The second kappa shape index (κ2) is 7.01. The fourth-order valence-electron chi connectivity index (χ4n) is 3.19. The van der Waals surface area contributed by atoms with Gasteiger partial charge in [-0.15, -0.1) is 0 Å². The number of amides is 1. The van der Waals surface area contributed by atoms with Crippen LogP contribution in [-0.4, -0.2) is 37.2 Å². The van der Waals surface area contributed by atoms with Crippen molar-refractivity contribution in [2.24, 2.45) is 0 Å². The van der Waals surface area contributed by atoms with E-state index in [2.05, 4.69) is 10.6 Å². The van der Waals surface area contributed by atoms with Gasteiger partial charge in [0.25, 0.3) is 0 Å². The van der Waals surface area contributed by atoms with Crippen LogP contribution in [0.15, 0.2) is 24.3 Å². The molecule has 1 atom stereocenters. The first kappa shape index (κ1) is 15.2. The van der Waals surface area contributed by atoms with Gasteiger partial charge in [-0.05, 0) is 37.8 Å². The lowest BCUT2D eigenvalue weighted by Crippen LogP contribution is -2.46. The number of fused-ring (bicyclic) bond motifs is 1. The molecule has 2 aliphatic rings. The number of rotatable bonds is 4. The maximum absolute atomic E-state index is 11.1. The van der Waals surface area contributed by atoms with E-state index in [1.807, 2.05) is 24.3 Å². The van der Waals surface area contributed by atoms with Gasteiger partial charge in [0, 0.05) is 25.6 Å². The number of para-hydroxylation sites is 2. The molecule has 0 bridgehead atoms. The van der Waals surface area contributed by atoms with Crippen molar-refractivity contribution in [1.82, 2.24) is 10.6 Å². The highest BCUT2D eigenvalue weighted by molar-refractivity contribution is 5.73. The van der Waals surface area contributed by atoms with Crippen LogP contribution in [0.25, 0.3) is 0 Å². The quantitative estimate of drug-likeness (QED) is 0.891. The summed E-state index contributed by atoms with van der Waals surface area (Å²) in [6.45, 7) is 2.97. The molecule has 1 aliphatic heterocycles. The van der Waals surface area contributed by atoms with Gasteiger partial charge in [0.2, 0.25) is 5.91 Å². The summed E-state index contributed by atoms with van der Waals surface area (Å²) in [5.74, 6) is 1.73. The molecule has 0 radical (unpaired) electrons. The SMILES string of the molecule is CC(=O)NC1CCC(NCC2COc3ccccc3O2)CC1. The zero-order valence-electron chi connectivity index (χ0n) is 13.0. The van der Waals surface area contributed by atoms with Crippen LogP contribution in [0.4, 0.5) is 0 Å². The lowest BCUT2D eigenvalue weighted by Gasteiger charge is -2.32. The molecule has 2 N–H and O–H groups in total. The van der Waals surface area contributed by atoms with Crippen molar-refractivity contribution in [3.8, 4) is 11.5 Å². The van der Waals surface area contributed by atoms with E-state index in [0.29, 0.717) is 18.7 Å². The first-order chi connectivity index (χ1) is 10.7. The van der Waals surface area contributed by atoms with Crippen LogP contribution in [0.3, 0.4) is 0 Å². The summed E-state index contributed by atoms with van der Waals surface area (Å²) in [4.78, 5) is 11.1. The molecular formula is C17H24N2O3. The lowest BCUT2D eigenvalue weighted by molar-refractivity contribution is -0.119. The molecule has 0 aromatic heterocycles. The molecule has 22 heavy (non-hydrogen) atoms. The second-order valence-corrected chi connectivity index (χ2v) is 6.15. The molecule has 1 fully saturated rings. The Bertz CT molecular complexity index is 512. The third-order valence-corrected chi connectivity index (χ3v) is 4.34. The summed E-state index contributed by atoms with van der Waals surface area (Å²) in [5.41, 5.74) is 0. The number of hydrogen-bond acceptors (Lipinski definition) is 4. The Morgan fingerprint density at radius 3 is 2.55 bits per heavy atom. The van der Waals surface area contributed by atoms with Crippen LogP contribution in [0.1, 0.15) is 32.6 Å². The average molecular weight is 304 g/mol. The standard InChI is InChI=1S/C17H24N2O3/c1-12(20)19-14-8-6-13(7-9-14)18-10-15-11-21-16-4-2-3-5-17(16)22-15/h2-5,13-15,18H,6-11H2,1H3,(H,19,20). The average Bonchev–Trinajstić information content (AvgIpc) is 2.53. The van der Waals surface area contributed by atoms with E-state index in [0.717, 1.165) is 43.7 Å². The topological polar surface area (TPSA) is 59.6 Å². The molecule has 0 saturated heterocycles. The zero-order chi connectivity index (χ0) is 15.4. The van der Waals surface area contributed by atoms with Crippen LogP contribution in [-0.2, 0) is 4.79 Å². The van der Waals surface area contributed by atoms with E-state index < -0.39 is 0 Å². The van der Waals surface area contributed by atoms with Crippen molar-refractivity contribution in [3.05, 3.63) is 24.3 Å². The summed E-state index contributed by atoms with van der Waals surface area (Å²) in [6, 6.07) is 8.64. The van der Waals surface area contributed by atoms with E-state index >= 15 is 0 Å². The first-order valence-electron chi connectivity index (χ1n) is 8.09. The number of benzene rings is 1. The van der Waals surface area contributed by atoms with Gasteiger partial charge in [0.15, 0.2) is 11.5 Å². The first-order valence-corrected chi connectivity index (χ1v) is 8.09. The monoisotopic (exact) mass is 304 g/mol. The van der Waals surface area contributed by atoms with Crippen LogP contribution in [0.2, 0.25) is 0 Å². The highest BCUT2D eigenvalue weighted by Crippen LogP contribution is 2.30. The van der Waals surface area contributed by atoms with Gasteiger partial charge in [-0.3, -0.25) is 4.79 Å². The van der Waals surface area contributed by atoms with Gasteiger partial charge < -0.3 is 20.1 Å². The maximum Gasteiger partial charge on any atom is 0.217 e. The predicted octanol–water partition coefficient (Wildman–Crippen LogP) is 1.86. The third-order valence-electron chi connectivity index (χ3n) is 4.34. The molecule has 1 aromatic carbocycles. The number of hydrogen-bond donors (Lipinski definition) is 2. The van der Waals surface area contributed by atoms with Crippen molar-refractivity contribution in [2.75, 3.05) is 13.2 Å². The van der Waals surface area contributed by atoms with Crippen LogP contribution >= 0.6 is 0 Å². The van der Waals surface area contributed by atoms with Gasteiger partial charge in [0.05, 0.1) is 0 Å². The van der Waals surface area contributed by atoms with Crippen molar-refractivity contribution in [2.45, 2.75) is 50.8 Å². The molecule has 5 nitrogen and oxygen atoms in total. The lowest BCUT2D eigenvalue weighted by atomic mass is 9.91. The van der Waals surface area contributed by atoms with E-state index in [9.17, 15) is 4.79 Å². The van der Waals surface area contributed by atoms with Crippen molar-refractivity contribution < 1.29 is 14.3 Å². The molecule has 1 aliphatic carbocycles. The molecule has 1 heterocycles. The summed E-state index contributed by atoms with van der Waals surface area (Å²) >= 11 is 0. The highest BCUT2D eigenvalue weighted by atomic mass is 16.6. The number of nitrogens with one attached hydrogen (secondary N) is 2. The number of ether oxygens (including phenoxy) is 2. The Labute approximate surface area is 131 Å². The minimum atomic E-state index is 0.0583. The third kappa shape index (κ3) is 3.91. The molecule has 1 unspecified atom stereocenters.